The Labute approximate surface area is 178 Å². The lowest BCUT2D eigenvalue weighted by atomic mass is 9.99. The number of benzene rings is 1. The third kappa shape index (κ3) is 10.5. The second kappa shape index (κ2) is 15.1. The van der Waals surface area contributed by atoms with Gasteiger partial charge in [-0.3, -0.25) is 9.78 Å². The Morgan fingerprint density at radius 3 is 2.25 bits per heavy atom. The van der Waals surface area contributed by atoms with Crippen LogP contribution < -0.4 is 9.47 Å². The molecule has 0 aliphatic carbocycles. The molecule has 0 fully saturated rings. The summed E-state index contributed by atoms with van der Waals surface area (Å²) in [6, 6.07) is 10.1. The summed E-state index contributed by atoms with van der Waals surface area (Å²) in [5.74, 6) is 2.34. The normalized spacial score (nSPS) is 10.6. The van der Waals surface area contributed by atoms with Gasteiger partial charge in [-0.25, -0.2) is 0 Å². The molecule has 0 saturated heterocycles. The van der Waals surface area contributed by atoms with Crippen molar-refractivity contribution < 1.29 is 14.3 Å². The van der Waals surface area contributed by atoms with E-state index in [4.69, 9.17) is 9.47 Å². The predicted octanol–water partition coefficient (Wildman–Crippen LogP) is 6.43. The van der Waals surface area contributed by atoms with E-state index in [1.165, 1.54) is 25.3 Å². The molecule has 1 aromatic heterocycles. The highest BCUT2D eigenvalue weighted by atomic mass is 79.9. The number of ether oxygens (including phenoxy) is 2. The van der Waals surface area contributed by atoms with Crippen LogP contribution in [0, 0.1) is 12.8 Å². The van der Waals surface area contributed by atoms with Gasteiger partial charge in [-0.05, 0) is 65.9 Å². The van der Waals surface area contributed by atoms with Gasteiger partial charge in [-0.1, -0.05) is 46.2 Å². The van der Waals surface area contributed by atoms with E-state index in [2.05, 4.69) is 46.9 Å². The van der Waals surface area contributed by atoms with E-state index < -0.39 is 0 Å². The van der Waals surface area contributed by atoms with E-state index in [9.17, 15) is 4.79 Å². The third-order valence-electron chi connectivity index (χ3n) is 3.89. The average molecular weight is 452 g/mol. The van der Waals surface area contributed by atoms with Crippen molar-refractivity contribution >= 4 is 21.7 Å². The number of aromatic nitrogens is 1. The fourth-order valence-electron chi connectivity index (χ4n) is 2.18. The Balaban J connectivity index is 0.000000478. The quantitative estimate of drug-likeness (QED) is 0.486. The maximum absolute atomic E-state index is 10.7. The van der Waals surface area contributed by atoms with Crippen LogP contribution in [0.4, 0.5) is 0 Å². The van der Waals surface area contributed by atoms with Gasteiger partial charge in [0.15, 0.2) is 11.5 Å². The lowest BCUT2D eigenvalue weighted by Crippen LogP contribution is -2.08. The van der Waals surface area contributed by atoms with Crippen LogP contribution in [0.5, 0.6) is 11.5 Å². The molecule has 5 heteroatoms. The van der Waals surface area contributed by atoms with Crippen molar-refractivity contribution in [1.29, 1.82) is 0 Å². The van der Waals surface area contributed by atoms with Crippen molar-refractivity contribution in [3.05, 3.63) is 52.3 Å². The van der Waals surface area contributed by atoms with E-state index in [-0.39, 0.29) is 12.4 Å². The van der Waals surface area contributed by atoms with Gasteiger partial charge in [0.05, 0.1) is 17.3 Å². The molecule has 0 aliphatic rings. The number of hydrogen-bond acceptors (Lipinski definition) is 4. The summed E-state index contributed by atoms with van der Waals surface area (Å²) in [4.78, 5) is 14.7. The van der Waals surface area contributed by atoms with Crippen LogP contribution >= 0.6 is 15.9 Å². The molecule has 2 aromatic rings. The van der Waals surface area contributed by atoms with Crippen molar-refractivity contribution in [3.8, 4) is 11.5 Å². The zero-order valence-electron chi connectivity index (χ0n) is 18.2. The number of hydrogen-bond donors (Lipinski definition) is 0. The highest BCUT2D eigenvalue weighted by Gasteiger charge is 2.06. The molecule has 1 aromatic carbocycles. The molecule has 2 rings (SSSR count). The standard InChI is InChI=1S/C12H18O.C9H10BrNO2.C2H6/c1-4-10(2)9-11-5-7-12(13-3)8-6-11;1-6(12)5-13-9-7(2)11-4-3-8(9)10;1-2/h5-8,10H,4,9H2,1-3H3;3-4H,5H2,1-2H3;1-2H3. The summed E-state index contributed by atoms with van der Waals surface area (Å²) in [7, 11) is 1.70. The van der Waals surface area contributed by atoms with E-state index in [0.29, 0.717) is 5.75 Å². The number of Topliss-reactive ketones (excluding diaryl/α,β-unsaturated/α-hetero) is 1. The molecular weight excluding hydrogens is 418 g/mol. The molecule has 0 aliphatic heterocycles. The molecule has 0 amide bonds. The lowest BCUT2D eigenvalue weighted by Gasteiger charge is -2.08. The van der Waals surface area contributed by atoms with Crippen LogP contribution in [-0.2, 0) is 11.2 Å². The fourth-order valence-corrected chi connectivity index (χ4v) is 2.70. The minimum atomic E-state index is -0.00449. The molecule has 0 N–H and O–H groups in total. The first-order valence-corrected chi connectivity index (χ1v) is 10.5. The van der Waals surface area contributed by atoms with Crippen molar-refractivity contribution in [2.75, 3.05) is 13.7 Å². The molecule has 0 saturated carbocycles. The minimum absolute atomic E-state index is 0.00449. The number of carbonyl (C=O) groups excluding carboxylic acids is 1. The predicted molar refractivity (Wildman–Crippen MR) is 120 cm³/mol. The molecule has 0 bridgehead atoms. The van der Waals surface area contributed by atoms with E-state index in [1.54, 1.807) is 19.4 Å². The highest BCUT2D eigenvalue weighted by molar-refractivity contribution is 9.10. The summed E-state index contributed by atoms with van der Waals surface area (Å²) in [6.45, 7) is 11.9. The van der Waals surface area contributed by atoms with Gasteiger partial charge in [0, 0.05) is 6.20 Å². The largest absolute Gasteiger partial charge is 0.497 e. The summed E-state index contributed by atoms with van der Waals surface area (Å²) >= 11 is 3.32. The van der Waals surface area contributed by atoms with Crippen LogP contribution in [0.25, 0.3) is 0 Å². The van der Waals surface area contributed by atoms with Crippen molar-refractivity contribution in [3.63, 3.8) is 0 Å². The lowest BCUT2D eigenvalue weighted by molar-refractivity contribution is -0.118. The summed E-state index contributed by atoms with van der Waals surface area (Å²) in [5.41, 5.74) is 2.17. The van der Waals surface area contributed by atoms with Crippen molar-refractivity contribution in [2.45, 2.75) is 54.4 Å². The SMILES string of the molecule is CC.CC(=O)COc1c(Br)ccnc1C.CCC(C)Cc1ccc(OC)cc1. The molecule has 0 spiro atoms. The van der Waals surface area contributed by atoms with E-state index >= 15 is 0 Å². The molecule has 1 heterocycles. The van der Waals surface area contributed by atoms with Gasteiger partial charge in [-0.2, -0.15) is 0 Å². The summed E-state index contributed by atoms with van der Waals surface area (Å²) < 4.78 is 11.2. The number of aryl methyl sites for hydroxylation is 1. The maximum Gasteiger partial charge on any atom is 0.167 e. The molecular formula is C23H34BrNO3. The van der Waals surface area contributed by atoms with Crippen LogP contribution in [0.2, 0.25) is 0 Å². The number of rotatable bonds is 7. The summed E-state index contributed by atoms with van der Waals surface area (Å²) in [6.07, 6.45) is 4.09. The van der Waals surface area contributed by atoms with Gasteiger partial charge in [0.1, 0.15) is 12.4 Å². The second-order valence-corrected chi connectivity index (χ2v) is 7.12. The third-order valence-corrected chi connectivity index (χ3v) is 4.52. The Morgan fingerprint density at radius 2 is 1.79 bits per heavy atom. The van der Waals surface area contributed by atoms with Gasteiger partial charge in [0.2, 0.25) is 0 Å². The first-order valence-electron chi connectivity index (χ1n) is 9.73. The molecule has 1 atom stereocenters. The number of carbonyl (C=O) groups is 1. The van der Waals surface area contributed by atoms with Gasteiger partial charge >= 0.3 is 0 Å². The fraction of sp³-hybridized carbons (Fsp3) is 0.478. The van der Waals surface area contributed by atoms with Crippen molar-refractivity contribution in [1.82, 2.24) is 4.98 Å². The molecule has 0 radical (unpaired) electrons. The topological polar surface area (TPSA) is 48.4 Å². The van der Waals surface area contributed by atoms with Gasteiger partial charge in [0.25, 0.3) is 0 Å². The second-order valence-electron chi connectivity index (χ2n) is 6.26. The average Bonchev–Trinajstić information content (AvgIpc) is 2.70. The number of halogens is 1. The molecule has 1 unspecified atom stereocenters. The molecule has 28 heavy (non-hydrogen) atoms. The van der Waals surface area contributed by atoms with Crippen LogP contribution in [0.3, 0.4) is 0 Å². The molecule has 156 valence electrons. The number of pyridine rings is 1. The zero-order chi connectivity index (χ0) is 21.5. The number of nitrogens with zero attached hydrogens (tertiary/aromatic N) is 1. The Kier molecular flexibility index (Phi) is 14.1. The van der Waals surface area contributed by atoms with E-state index in [1.807, 2.05) is 32.9 Å². The monoisotopic (exact) mass is 451 g/mol. The Bertz CT molecular complexity index is 666. The smallest absolute Gasteiger partial charge is 0.167 e. The van der Waals surface area contributed by atoms with Gasteiger partial charge < -0.3 is 9.47 Å². The number of ketones is 1. The first kappa shape index (κ1) is 26.1. The zero-order valence-corrected chi connectivity index (χ0v) is 19.8. The van der Waals surface area contributed by atoms with Crippen molar-refractivity contribution in [2.24, 2.45) is 5.92 Å². The first-order chi connectivity index (χ1) is 13.4. The maximum atomic E-state index is 10.7. The van der Waals surface area contributed by atoms with E-state index in [0.717, 1.165) is 21.8 Å². The van der Waals surface area contributed by atoms with Crippen LogP contribution in [0.1, 0.15) is 52.3 Å². The minimum Gasteiger partial charge on any atom is -0.497 e. The van der Waals surface area contributed by atoms with Crippen LogP contribution in [0.15, 0.2) is 41.0 Å². The van der Waals surface area contributed by atoms with Crippen LogP contribution in [-0.4, -0.2) is 24.5 Å². The number of methoxy groups -OCH3 is 1. The van der Waals surface area contributed by atoms with Gasteiger partial charge in [-0.15, -0.1) is 0 Å². The highest BCUT2D eigenvalue weighted by Crippen LogP contribution is 2.26. The summed E-state index contributed by atoms with van der Waals surface area (Å²) in [5, 5.41) is 0. The Hall–Kier alpha value is -1.88. The Morgan fingerprint density at radius 1 is 1.18 bits per heavy atom. The molecule has 4 nitrogen and oxygen atoms in total.